The van der Waals surface area contributed by atoms with Crippen LogP contribution in [0.1, 0.15) is 77.1 Å². The number of aromatic amines is 2. The Hall–Kier alpha value is -4.96. The zero-order valence-electron chi connectivity index (χ0n) is 28.8. The SMILES string of the molecule is COC(=O)N[C@H](C(=O)N1[C@@H](C)CC[C@H]1c1nc2cc(-c3ccc(-c4ccc(-c5c[nH]c([C@@H]6CC[C@H](C)N6)n5)cc4)cc3)ccc2[nH]1)C(C)C. The van der Waals surface area contributed by atoms with Crippen LogP contribution in [0.3, 0.4) is 0 Å². The molecule has 4 N–H and O–H groups in total. The Bertz CT molecular complexity index is 1950. The lowest BCUT2D eigenvalue weighted by atomic mass is 9.99. The maximum atomic E-state index is 13.8. The highest BCUT2D eigenvalue weighted by molar-refractivity contribution is 5.87. The van der Waals surface area contributed by atoms with Crippen molar-refractivity contribution in [1.82, 2.24) is 35.5 Å². The van der Waals surface area contributed by atoms with Crippen LogP contribution in [0, 0.1) is 5.92 Å². The number of amides is 2. The van der Waals surface area contributed by atoms with Gasteiger partial charge in [-0.3, -0.25) is 4.79 Å². The number of carbonyl (C=O) groups is 2. The highest BCUT2D eigenvalue weighted by atomic mass is 16.5. The zero-order valence-corrected chi connectivity index (χ0v) is 28.8. The molecule has 3 aromatic carbocycles. The summed E-state index contributed by atoms with van der Waals surface area (Å²) in [6.45, 7) is 8.12. The van der Waals surface area contributed by atoms with Crippen LogP contribution < -0.4 is 10.6 Å². The van der Waals surface area contributed by atoms with Crippen LogP contribution in [0.5, 0.6) is 0 Å². The number of carbonyl (C=O) groups excluding carboxylic acids is 2. The molecule has 0 saturated carbocycles. The van der Waals surface area contributed by atoms with Crippen LogP contribution in [-0.2, 0) is 9.53 Å². The first-order chi connectivity index (χ1) is 23.7. The van der Waals surface area contributed by atoms with E-state index < -0.39 is 12.1 Å². The second-order valence-electron chi connectivity index (χ2n) is 13.9. The largest absolute Gasteiger partial charge is 0.453 e. The number of aromatic nitrogens is 4. The van der Waals surface area contributed by atoms with E-state index in [4.69, 9.17) is 14.7 Å². The number of likely N-dealkylation sites (tertiary alicyclic amines) is 1. The Kier molecular flexibility index (Phi) is 8.98. The Morgan fingerprint density at radius 2 is 1.49 bits per heavy atom. The molecule has 2 aliphatic rings. The molecule has 4 heterocycles. The monoisotopic (exact) mass is 659 g/mol. The first-order valence-electron chi connectivity index (χ1n) is 17.4. The predicted octanol–water partition coefficient (Wildman–Crippen LogP) is 7.53. The number of ether oxygens (including phenoxy) is 1. The summed E-state index contributed by atoms with van der Waals surface area (Å²) in [4.78, 5) is 44.4. The fourth-order valence-electron chi connectivity index (χ4n) is 7.34. The Morgan fingerprint density at radius 3 is 2.12 bits per heavy atom. The zero-order chi connectivity index (χ0) is 34.2. The van der Waals surface area contributed by atoms with E-state index in [1.807, 2.05) is 24.9 Å². The second-order valence-corrected chi connectivity index (χ2v) is 13.9. The summed E-state index contributed by atoms with van der Waals surface area (Å²) in [6, 6.07) is 23.4. The van der Waals surface area contributed by atoms with Crippen molar-refractivity contribution in [3.8, 4) is 33.5 Å². The van der Waals surface area contributed by atoms with Crippen molar-refractivity contribution in [2.75, 3.05) is 7.11 Å². The van der Waals surface area contributed by atoms with Crippen LogP contribution in [0.15, 0.2) is 72.9 Å². The molecule has 2 aromatic heterocycles. The van der Waals surface area contributed by atoms with E-state index in [0.29, 0.717) is 12.1 Å². The number of methoxy groups -OCH3 is 1. The molecule has 2 aliphatic heterocycles. The molecular weight excluding hydrogens is 614 g/mol. The summed E-state index contributed by atoms with van der Waals surface area (Å²) in [5.74, 6) is 1.56. The van der Waals surface area contributed by atoms with E-state index in [1.54, 1.807) is 0 Å². The molecule has 0 spiro atoms. The predicted molar refractivity (Wildman–Crippen MR) is 192 cm³/mol. The highest BCUT2D eigenvalue weighted by Crippen LogP contribution is 2.37. The molecule has 2 saturated heterocycles. The molecule has 5 aromatic rings. The number of nitrogens with one attached hydrogen (secondary N) is 4. The molecule has 10 heteroatoms. The van der Waals surface area contributed by atoms with Crippen LogP contribution in [0.25, 0.3) is 44.5 Å². The number of hydrogen-bond acceptors (Lipinski definition) is 6. The van der Waals surface area contributed by atoms with Gasteiger partial charge in [-0.2, -0.15) is 0 Å². The molecular formula is C39H45N7O3. The van der Waals surface area contributed by atoms with Gasteiger partial charge in [-0.05, 0) is 79.8 Å². The molecule has 5 atom stereocenters. The lowest BCUT2D eigenvalue weighted by molar-refractivity contribution is -0.137. The first-order valence-corrected chi connectivity index (χ1v) is 17.4. The quantitative estimate of drug-likeness (QED) is 0.136. The van der Waals surface area contributed by atoms with Crippen molar-refractivity contribution in [1.29, 1.82) is 0 Å². The molecule has 0 unspecified atom stereocenters. The molecule has 0 bridgehead atoms. The van der Waals surface area contributed by atoms with Crippen LogP contribution in [-0.4, -0.2) is 62.1 Å². The maximum Gasteiger partial charge on any atom is 0.407 e. The molecule has 254 valence electrons. The highest BCUT2D eigenvalue weighted by Gasteiger charge is 2.41. The smallest absolute Gasteiger partial charge is 0.407 e. The Morgan fingerprint density at radius 1 is 0.837 bits per heavy atom. The molecule has 2 amide bonds. The summed E-state index contributed by atoms with van der Waals surface area (Å²) in [5, 5.41) is 6.33. The molecule has 10 nitrogen and oxygen atoms in total. The number of fused-ring (bicyclic) bond motifs is 1. The van der Waals surface area contributed by atoms with Gasteiger partial charge in [0.15, 0.2) is 0 Å². The van der Waals surface area contributed by atoms with Crippen molar-refractivity contribution >= 4 is 23.0 Å². The van der Waals surface area contributed by atoms with Crippen molar-refractivity contribution < 1.29 is 14.3 Å². The molecule has 49 heavy (non-hydrogen) atoms. The summed E-state index contributed by atoms with van der Waals surface area (Å²) in [6.07, 6.45) is 5.33. The van der Waals surface area contributed by atoms with E-state index in [-0.39, 0.29) is 23.9 Å². The molecule has 2 fully saturated rings. The minimum Gasteiger partial charge on any atom is -0.453 e. The van der Waals surface area contributed by atoms with E-state index in [2.05, 4.69) is 101 Å². The van der Waals surface area contributed by atoms with E-state index in [9.17, 15) is 9.59 Å². The summed E-state index contributed by atoms with van der Waals surface area (Å²) in [5.41, 5.74) is 8.31. The van der Waals surface area contributed by atoms with Crippen LogP contribution in [0.4, 0.5) is 4.79 Å². The first kappa shape index (κ1) is 32.6. The normalized spacial score (nSPS) is 21.4. The van der Waals surface area contributed by atoms with E-state index in [1.165, 1.54) is 13.5 Å². The average molecular weight is 660 g/mol. The fraction of sp³-hybridized carbons (Fsp3) is 0.385. The van der Waals surface area contributed by atoms with Crippen LogP contribution in [0.2, 0.25) is 0 Å². The maximum absolute atomic E-state index is 13.8. The van der Waals surface area contributed by atoms with E-state index in [0.717, 1.165) is 75.5 Å². The molecule has 0 aliphatic carbocycles. The van der Waals surface area contributed by atoms with Gasteiger partial charge in [-0.25, -0.2) is 14.8 Å². The minimum absolute atomic E-state index is 0.0259. The van der Waals surface area contributed by atoms with Gasteiger partial charge in [0.1, 0.15) is 17.7 Å². The summed E-state index contributed by atoms with van der Waals surface area (Å²) in [7, 11) is 1.31. The third-order valence-electron chi connectivity index (χ3n) is 10.2. The number of benzene rings is 3. The number of H-pyrrole nitrogens is 2. The van der Waals surface area contributed by atoms with Crippen molar-refractivity contribution in [3.05, 3.63) is 84.6 Å². The average Bonchev–Trinajstić information content (AvgIpc) is 3.93. The number of alkyl carbamates (subject to hydrolysis) is 1. The summed E-state index contributed by atoms with van der Waals surface area (Å²) >= 11 is 0. The fourth-order valence-corrected chi connectivity index (χ4v) is 7.34. The number of imidazole rings is 2. The van der Waals surface area contributed by atoms with Gasteiger partial charge in [0.2, 0.25) is 5.91 Å². The lowest BCUT2D eigenvalue weighted by Crippen LogP contribution is -2.52. The third-order valence-corrected chi connectivity index (χ3v) is 10.2. The minimum atomic E-state index is -0.681. The summed E-state index contributed by atoms with van der Waals surface area (Å²) < 4.78 is 4.79. The van der Waals surface area contributed by atoms with Gasteiger partial charge >= 0.3 is 6.09 Å². The van der Waals surface area contributed by atoms with Crippen molar-refractivity contribution in [2.45, 2.75) is 83.6 Å². The number of hydrogen-bond donors (Lipinski definition) is 4. The number of rotatable bonds is 8. The second kappa shape index (κ2) is 13.5. The van der Waals surface area contributed by atoms with E-state index >= 15 is 0 Å². The van der Waals surface area contributed by atoms with Gasteiger partial charge in [-0.15, -0.1) is 0 Å². The van der Waals surface area contributed by atoms with Gasteiger partial charge in [0.05, 0.1) is 35.9 Å². The van der Waals surface area contributed by atoms with Crippen LogP contribution >= 0.6 is 0 Å². The van der Waals surface area contributed by atoms with Crippen molar-refractivity contribution in [2.24, 2.45) is 5.92 Å². The Balaban J connectivity index is 1.06. The van der Waals surface area contributed by atoms with Gasteiger partial charge in [-0.1, -0.05) is 68.4 Å². The lowest BCUT2D eigenvalue weighted by Gasteiger charge is -2.32. The molecule has 0 radical (unpaired) electrons. The third kappa shape index (κ3) is 6.57. The van der Waals surface area contributed by atoms with Gasteiger partial charge < -0.3 is 30.2 Å². The Labute approximate surface area is 287 Å². The number of nitrogens with zero attached hydrogens (tertiary/aromatic N) is 3. The van der Waals surface area contributed by atoms with Gasteiger partial charge in [0, 0.05) is 23.8 Å². The molecule has 7 rings (SSSR count). The van der Waals surface area contributed by atoms with Crippen molar-refractivity contribution in [3.63, 3.8) is 0 Å². The van der Waals surface area contributed by atoms with Gasteiger partial charge in [0.25, 0.3) is 0 Å². The standard InChI is InChI=1S/C39H45N7O3/c1-22(2)35(45-39(48)49-5)38(47)46-24(4)7-19-34(46)37-42-30-18-16-29(20-32(30)43-37)27-10-8-25(9-11-27)26-12-14-28(15-13-26)33-21-40-36(44-33)31-17-6-23(3)41-31/h8-16,18,20-24,31,34-35,41H,6-7,17,19H2,1-5H3,(H,40,44)(H,42,43)(H,45,48)/t23-,24-,31-,34-,35-/m0/s1. The topological polar surface area (TPSA) is 128 Å².